The number of fused-ring (bicyclic) bond motifs is 2. The Labute approximate surface area is 158 Å². The number of amides is 2. The molecule has 2 fully saturated rings. The zero-order valence-corrected chi connectivity index (χ0v) is 15.4. The summed E-state index contributed by atoms with van der Waals surface area (Å²) in [6.07, 6.45) is 4.35. The van der Waals surface area contributed by atoms with Crippen molar-refractivity contribution in [1.82, 2.24) is 20.7 Å². The van der Waals surface area contributed by atoms with Gasteiger partial charge in [-0.1, -0.05) is 35.5 Å². The molecule has 27 heavy (non-hydrogen) atoms. The Bertz CT molecular complexity index is 808. The van der Waals surface area contributed by atoms with Gasteiger partial charge in [0.25, 0.3) is 5.91 Å². The Morgan fingerprint density at radius 3 is 2.63 bits per heavy atom. The van der Waals surface area contributed by atoms with E-state index >= 15 is 0 Å². The van der Waals surface area contributed by atoms with Crippen molar-refractivity contribution in [3.63, 3.8) is 0 Å². The Morgan fingerprint density at radius 2 is 1.93 bits per heavy atom. The summed E-state index contributed by atoms with van der Waals surface area (Å²) in [7, 11) is 1.83. The average Bonchev–Trinajstić information content (AvgIpc) is 3.32. The summed E-state index contributed by atoms with van der Waals surface area (Å²) < 4.78 is 5.24. The quantitative estimate of drug-likeness (QED) is 0.840. The highest BCUT2D eigenvalue weighted by Crippen LogP contribution is 2.29. The highest BCUT2D eigenvalue weighted by molar-refractivity contribution is 5.95. The predicted molar refractivity (Wildman–Crippen MR) is 100 cm³/mol. The van der Waals surface area contributed by atoms with Crippen LogP contribution in [0, 0.1) is 0 Å². The minimum atomic E-state index is -0.409. The second-order valence-electron chi connectivity index (χ2n) is 7.39. The van der Waals surface area contributed by atoms with Gasteiger partial charge in [-0.25, -0.2) is 0 Å². The van der Waals surface area contributed by atoms with Crippen molar-refractivity contribution in [3.8, 4) is 11.3 Å². The summed E-state index contributed by atoms with van der Waals surface area (Å²) in [6.45, 7) is -0.0396. The Morgan fingerprint density at radius 1 is 1.22 bits per heavy atom. The van der Waals surface area contributed by atoms with E-state index in [1.165, 1.54) is 12.8 Å². The molecule has 1 aromatic carbocycles. The number of piperidine rings is 1. The fourth-order valence-corrected chi connectivity index (χ4v) is 4.04. The Balaban J connectivity index is 1.31. The zero-order valence-electron chi connectivity index (χ0n) is 15.4. The summed E-state index contributed by atoms with van der Waals surface area (Å²) in [6, 6.07) is 12.3. The van der Waals surface area contributed by atoms with Gasteiger partial charge in [0.1, 0.15) is 0 Å². The third-order valence-corrected chi connectivity index (χ3v) is 5.59. The van der Waals surface area contributed by atoms with Gasteiger partial charge in [-0.15, -0.1) is 0 Å². The molecule has 142 valence electrons. The van der Waals surface area contributed by atoms with Gasteiger partial charge in [0.2, 0.25) is 5.91 Å². The third-order valence-electron chi connectivity index (χ3n) is 5.59. The number of nitrogens with one attached hydrogen (secondary N) is 2. The molecule has 7 nitrogen and oxygen atoms in total. The van der Waals surface area contributed by atoms with Crippen molar-refractivity contribution >= 4 is 11.8 Å². The molecule has 2 aromatic rings. The van der Waals surface area contributed by atoms with E-state index in [1.807, 2.05) is 37.4 Å². The van der Waals surface area contributed by atoms with Gasteiger partial charge in [0.15, 0.2) is 11.5 Å². The van der Waals surface area contributed by atoms with E-state index in [0.29, 0.717) is 17.8 Å². The summed E-state index contributed by atoms with van der Waals surface area (Å²) in [5.41, 5.74) is 1.02. The van der Waals surface area contributed by atoms with Gasteiger partial charge in [0.05, 0.1) is 6.54 Å². The molecule has 2 unspecified atom stereocenters. The standard InChI is InChI=1S/C20H24N4O3/c1-24(16-9-14-7-8-15(10-16)22-14)19(25)12-21-20(26)17-11-18(27-23-17)13-5-3-2-4-6-13/h2-6,11,14-16,22H,7-10,12H2,1H3,(H,21,26). The van der Waals surface area contributed by atoms with Crippen LogP contribution in [0.2, 0.25) is 0 Å². The van der Waals surface area contributed by atoms with Crippen molar-refractivity contribution in [3.05, 3.63) is 42.1 Å². The van der Waals surface area contributed by atoms with Crippen molar-refractivity contribution in [2.45, 2.75) is 43.8 Å². The van der Waals surface area contributed by atoms with Crippen molar-refractivity contribution in [1.29, 1.82) is 0 Å². The smallest absolute Gasteiger partial charge is 0.273 e. The second-order valence-corrected chi connectivity index (χ2v) is 7.39. The first kappa shape index (κ1) is 17.7. The van der Waals surface area contributed by atoms with Gasteiger partial charge in [-0.2, -0.15) is 0 Å². The monoisotopic (exact) mass is 368 g/mol. The van der Waals surface area contributed by atoms with Gasteiger partial charge in [0, 0.05) is 36.8 Å². The molecule has 3 heterocycles. The molecule has 0 spiro atoms. The van der Waals surface area contributed by atoms with E-state index in [9.17, 15) is 9.59 Å². The molecule has 0 radical (unpaired) electrons. The number of carbonyl (C=O) groups is 2. The second kappa shape index (κ2) is 7.52. The number of likely N-dealkylation sites (N-methyl/N-ethyl adjacent to an activating group) is 1. The SMILES string of the molecule is CN(C(=O)CNC(=O)c1cc(-c2ccccc2)on1)C1CC2CCC(C1)N2. The first-order chi connectivity index (χ1) is 13.1. The maximum absolute atomic E-state index is 12.5. The van der Waals surface area contributed by atoms with Crippen LogP contribution in [-0.2, 0) is 4.79 Å². The largest absolute Gasteiger partial charge is 0.355 e. The Hall–Kier alpha value is -2.67. The minimum absolute atomic E-state index is 0.0396. The summed E-state index contributed by atoms with van der Waals surface area (Å²) in [5, 5.41) is 10.0. The highest BCUT2D eigenvalue weighted by atomic mass is 16.5. The Kier molecular flexibility index (Phi) is 4.94. The van der Waals surface area contributed by atoms with E-state index in [1.54, 1.807) is 11.0 Å². The van der Waals surface area contributed by atoms with E-state index in [2.05, 4.69) is 15.8 Å². The van der Waals surface area contributed by atoms with E-state index in [4.69, 9.17) is 4.52 Å². The molecule has 0 saturated carbocycles. The van der Waals surface area contributed by atoms with Crippen molar-refractivity contribution in [2.24, 2.45) is 0 Å². The molecule has 2 amide bonds. The number of hydrogen-bond donors (Lipinski definition) is 2. The fraction of sp³-hybridized carbons (Fsp3) is 0.450. The predicted octanol–water partition coefficient (Wildman–Crippen LogP) is 1.81. The molecular weight excluding hydrogens is 344 g/mol. The maximum atomic E-state index is 12.5. The fourth-order valence-electron chi connectivity index (χ4n) is 4.04. The highest BCUT2D eigenvalue weighted by Gasteiger charge is 2.36. The molecule has 2 aliphatic rings. The van der Waals surface area contributed by atoms with Crippen LogP contribution >= 0.6 is 0 Å². The summed E-state index contributed by atoms with van der Waals surface area (Å²) >= 11 is 0. The summed E-state index contributed by atoms with van der Waals surface area (Å²) in [5.74, 6) is 0.0314. The maximum Gasteiger partial charge on any atom is 0.273 e. The average molecular weight is 368 g/mol. The van der Waals surface area contributed by atoms with Crippen LogP contribution in [0.5, 0.6) is 0 Å². The van der Waals surface area contributed by atoms with E-state index in [0.717, 1.165) is 18.4 Å². The molecule has 2 aliphatic heterocycles. The van der Waals surface area contributed by atoms with Gasteiger partial charge in [-0.3, -0.25) is 9.59 Å². The lowest BCUT2D eigenvalue weighted by Crippen LogP contribution is -2.50. The van der Waals surface area contributed by atoms with Crippen LogP contribution < -0.4 is 10.6 Å². The van der Waals surface area contributed by atoms with Crippen LogP contribution in [0.15, 0.2) is 40.9 Å². The van der Waals surface area contributed by atoms with E-state index in [-0.39, 0.29) is 24.2 Å². The summed E-state index contributed by atoms with van der Waals surface area (Å²) in [4.78, 5) is 26.6. The molecular formula is C20H24N4O3. The van der Waals surface area contributed by atoms with Gasteiger partial charge >= 0.3 is 0 Å². The van der Waals surface area contributed by atoms with Gasteiger partial charge < -0.3 is 20.1 Å². The van der Waals surface area contributed by atoms with E-state index < -0.39 is 5.91 Å². The van der Waals surface area contributed by atoms with Crippen molar-refractivity contribution < 1.29 is 14.1 Å². The number of carbonyl (C=O) groups excluding carboxylic acids is 2. The van der Waals surface area contributed by atoms with Crippen LogP contribution in [0.25, 0.3) is 11.3 Å². The molecule has 2 bridgehead atoms. The molecule has 2 atom stereocenters. The van der Waals surface area contributed by atoms with Crippen LogP contribution in [0.4, 0.5) is 0 Å². The number of aromatic nitrogens is 1. The molecule has 7 heteroatoms. The van der Waals surface area contributed by atoms with Crippen LogP contribution in [-0.4, -0.2) is 53.6 Å². The topological polar surface area (TPSA) is 87.5 Å². The van der Waals surface area contributed by atoms with Gasteiger partial charge in [-0.05, 0) is 25.7 Å². The number of nitrogens with zero attached hydrogens (tertiary/aromatic N) is 2. The normalized spacial score (nSPS) is 23.8. The first-order valence-electron chi connectivity index (χ1n) is 9.42. The lowest BCUT2D eigenvalue weighted by Gasteiger charge is -2.35. The third kappa shape index (κ3) is 3.88. The molecule has 0 aliphatic carbocycles. The van der Waals surface area contributed by atoms with Crippen LogP contribution in [0.3, 0.4) is 0 Å². The lowest BCUT2D eigenvalue weighted by molar-refractivity contribution is -0.131. The number of benzene rings is 1. The first-order valence-corrected chi connectivity index (χ1v) is 9.42. The number of hydrogen-bond acceptors (Lipinski definition) is 5. The molecule has 2 N–H and O–H groups in total. The molecule has 1 aromatic heterocycles. The lowest BCUT2D eigenvalue weighted by atomic mass is 9.98. The molecule has 4 rings (SSSR count). The minimum Gasteiger partial charge on any atom is -0.355 e. The molecule has 2 saturated heterocycles. The van der Waals surface area contributed by atoms with Crippen LogP contribution in [0.1, 0.15) is 36.2 Å². The van der Waals surface area contributed by atoms with Crippen molar-refractivity contribution in [2.75, 3.05) is 13.6 Å². The number of rotatable bonds is 5. The zero-order chi connectivity index (χ0) is 18.8.